The lowest BCUT2D eigenvalue weighted by Gasteiger charge is -2.11. The summed E-state index contributed by atoms with van der Waals surface area (Å²) in [5.74, 6) is 4.42. The molecule has 0 heterocycles. The maximum absolute atomic E-state index is 13.6. The Hall–Kier alpha value is -1.88. The number of ether oxygens (including phenoxy) is 1. The van der Waals surface area contributed by atoms with Crippen molar-refractivity contribution in [3.63, 3.8) is 0 Å². The van der Waals surface area contributed by atoms with Crippen LogP contribution in [0.1, 0.15) is 19.4 Å². The molecule has 0 saturated heterocycles. The molecule has 0 saturated carbocycles. The molecule has 0 bridgehead atoms. The van der Waals surface area contributed by atoms with Gasteiger partial charge in [-0.1, -0.05) is 6.08 Å². The zero-order valence-corrected chi connectivity index (χ0v) is 10.6. The first kappa shape index (κ1) is 14.2. The summed E-state index contributed by atoms with van der Waals surface area (Å²) in [7, 11) is 0. The van der Waals surface area contributed by atoms with Crippen molar-refractivity contribution < 1.29 is 13.5 Å². The number of nitrogen functional groups attached to an aromatic ring is 1. The molecule has 1 aromatic rings. The minimum atomic E-state index is -0.549. The number of hydrogen-bond donors (Lipinski definition) is 2. The van der Waals surface area contributed by atoms with Crippen LogP contribution in [0, 0.1) is 12.7 Å². The predicted octanol–water partition coefficient (Wildman–Crippen LogP) is 3.58. The number of nitrogens with one attached hydrogen (secondary N) is 1. The number of hydrogen-bond acceptors (Lipinski definition) is 3. The third-order valence-corrected chi connectivity index (χ3v) is 2.33. The molecule has 3 nitrogen and oxygen atoms in total. The number of nitrogens with two attached hydrogens (primary N) is 1. The first-order valence-corrected chi connectivity index (χ1v) is 5.43. The Balaban J connectivity index is 3.03. The molecule has 5 heteroatoms. The van der Waals surface area contributed by atoms with Gasteiger partial charge in [0.25, 0.3) is 0 Å². The molecule has 3 N–H and O–H groups in total. The van der Waals surface area contributed by atoms with Crippen molar-refractivity contribution in [1.29, 1.82) is 0 Å². The molecule has 1 aromatic carbocycles. The monoisotopic (exact) mass is 254 g/mol. The normalized spacial score (nSPS) is 12.6. The fourth-order valence-corrected chi connectivity index (χ4v) is 1.44. The zero-order chi connectivity index (χ0) is 13.7. The second-order valence-electron chi connectivity index (χ2n) is 3.75. The SMILES string of the molecule is C/C=C\C(F)=C(/C)Oc1cc(C)c(NN)c(F)c1. The first-order chi connectivity index (χ1) is 8.49. The second-order valence-corrected chi connectivity index (χ2v) is 3.75. The maximum atomic E-state index is 13.6. The van der Waals surface area contributed by atoms with Crippen LogP contribution in [0.25, 0.3) is 0 Å². The minimum Gasteiger partial charge on any atom is -0.459 e. The fourth-order valence-electron chi connectivity index (χ4n) is 1.44. The number of aryl methyl sites for hydroxylation is 1. The third kappa shape index (κ3) is 3.30. The van der Waals surface area contributed by atoms with Crippen molar-refractivity contribution in [2.24, 2.45) is 5.84 Å². The molecule has 0 aromatic heterocycles. The van der Waals surface area contributed by atoms with Crippen LogP contribution in [0.4, 0.5) is 14.5 Å². The summed E-state index contributed by atoms with van der Waals surface area (Å²) in [5.41, 5.74) is 3.03. The van der Waals surface area contributed by atoms with Gasteiger partial charge in [-0.3, -0.25) is 5.84 Å². The predicted molar refractivity (Wildman–Crippen MR) is 68.2 cm³/mol. The summed E-state index contributed by atoms with van der Waals surface area (Å²) in [5, 5.41) is 0. The Morgan fingerprint density at radius 2 is 2.11 bits per heavy atom. The Morgan fingerprint density at radius 1 is 1.44 bits per heavy atom. The maximum Gasteiger partial charge on any atom is 0.160 e. The topological polar surface area (TPSA) is 47.3 Å². The summed E-state index contributed by atoms with van der Waals surface area (Å²) >= 11 is 0. The lowest BCUT2D eigenvalue weighted by Crippen LogP contribution is -2.10. The van der Waals surface area contributed by atoms with E-state index in [1.165, 1.54) is 13.0 Å². The van der Waals surface area contributed by atoms with Crippen molar-refractivity contribution in [3.8, 4) is 5.75 Å². The van der Waals surface area contributed by atoms with E-state index in [1.807, 2.05) is 0 Å². The number of halogens is 2. The van der Waals surface area contributed by atoms with Crippen molar-refractivity contribution in [2.75, 3.05) is 5.43 Å². The van der Waals surface area contributed by atoms with Gasteiger partial charge >= 0.3 is 0 Å². The molecule has 0 aliphatic carbocycles. The molecule has 18 heavy (non-hydrogen) atoms. The summed E-state index contributed by atoms with van der Waals surface area (Å²) < 4.78 is 32.2. The van der Waals surface area contributed by atoms with Crippen LogP contribution in [0.3, 0.4) is 0 Å². The van der Waals surface area contributed by atoms with E-state index in [0.29, 0.717) is 5.56 Å². The largest absolute Gasteiger partial charge is 0.459 e. The van der Waals surface area contributed by atoms with Crippen LogP contribution in [0.2, 0.25) is 0 Å². The molecule has 1 rings (SSSR count). The molecule has 0 radical (unpaired) electrons. The first-order valence-electron chi connectivity index (χ1n) is 5.43. The van der Waals surface area contributed by atoms with Crippen LogP contribution in [-0.2, 0) is 0 Å². The van der Waals surface area contributed by atoms with E-state index >= 15 is 0 Å². The zero-order valence-electron chi connectivity index (χ0n) is 10.6. The highest BCUT2D eigenvalue weighted by atomic mass is 19.1. The molecule has 0 aliphatic rings. The Kier molecular flexibility index (Phi) is 4.85. The Labute approximate surface area is 105 Å². The van der Waals surface area contributed by atoms with Gasteiger partial charge in [-0.05, 0) is 38.5 Å². The number of anilines is 1. The number of rotatable bonds is 4. The highest BCUT2D eigenvalue weighted by molar-refractivity contribution is 5.54. The van der Waals surface area contributed by atoms with Crippen molar-refractivity contribution in [3.05, 3.63) is 47.3 Å². The third-order valence-electron chi connectivity index (χ3n) is 2.33. The number of hydrazine groups is 1. The molecule has 0 fully saturated rings. The van der Waals surface area contributed by atoms with Gasteiger partial charge in [-0.15, -0.1) is 0 Å². The van der Waals surface area contributed by atoms with E-state index in [4.69, 9.17) is 10.6 Å². The average Bonchev–Trinajstić information content (AvgIpc) is 2.28. The van der Waals surface area contributed by atoms with Gasteiger partial charge in [0.1, 0.15) is 11.5 Å². The van der Waals surface area contributed by atoms with Crippen LogP contribution < -0.4 is 16.0 Å². The Morgan fingerprint density at radius 3 is 2.61 bits per heavy atom. The van der Waals surface area contributed by atoms with Gasteiger partial charge in [0.15, 0.2) is 11.6 Å². The lowest BCUT2D eigenvalue weighted by molar-refractivity contribution is 0.400. The van der Waals surface area contributed by atoms with E-state index in [-0.39, 0.29) is 17.2 Å². The second kappa shape index (κ2) is 6.16. The van der Waals surface area contributed by atoms with Crippen molar-refractivity contribution in [2.45, 2.75) is 20.8 Å². The summed E-state index contributed by atoms with van der Waals surface area (Å²) in [6.07, 6.45) is 2.82. The van der Waals surface area contributed by atoms with E-state index in [1.54, 1.807) is 26.0 Å². The molecular weight excluding hydrogens is 238 g/mol. The molecule has 0 amide bonds. The number of benzene rings is 1. The van der Waals surface area contributed by atoms with E-state index in [2.05, 4.69) is 5.43 Å². The molecule has 98 valence electrons. The lowest BCUT2D eigenvalue weighted by atomic mass is 10.2. The van der Waals surface area contributed by atoms with Crippen LogP contribution >= 0.6 is 0 Å². The molecule has 0 spiro atoms. The quantitative estimate of drug-likeness (QED) is 0.373. The van der Waals surface area contributed by atoms with Gasteiger partial charge in [-0.2, -0.15) is 0 Å². The van der Waals surface area contributed by atoms with E-state index < -0.39 is 11.6 Å². The van der Waals surface area contributed by atoms with E-state index in [0.717, 1.165) is 6.07 Å². The number of allylic oxidation sites excluding steroid dienone is 4. The van der Waals surface area contributed by atoms with Crippen LogP contribution in [0.5, 0.6) is 5.75 Å². The smallest absolute Gasteiger partial charge is 0.160 e. The molecule has 0 atom stereocenters. The Bertz CT molecular complexity index is 473. The molecular formula is C13H16F2N2O. The molecule has 0 unspecified atom stereocenters. The van der Waals surface area contributed by atoms with Gasteiger partial charge in [0, 0.05) is 6.07 Å². The highest BCUT2D eigenvalue weighted by Gasteiger charge is 2.09. The van der Waals surface area contributed by atoms with Crippen molar-refractivity contribution in [1.82, 2.24) is 0 Å². The standard InChI is InChI=1S/C13H16F2N2O/c1-4-5-11(14)9(3)18-10-6-8(2)13(17-16)12(15)7-10/h4-7,17H,16H2,1-3H3/b5-4-,11-9-. The van der Waals surface area contributed by atoms with Gasteiger partial charge in [0.2, 0.25) is 0 Å². The van der Waals surface area contributed by atoms with Gasteiger partial charge in [0.05, 0.1) is 5.69 Å². The highest BCUT2D eigenvalue weighted by Crippen LogP contribution is 2.26. The van der Waals surface area contributed by atoms with Crippen LogP contribution in [-0.4, -0.2) is 0 Å². The fraction of sp³-hybridized carbons (Fsp3) is 0.231. The average molecular weight is 254 g/mol. The van der Waals surface area contributed by atoms with Gasteiger partial charge < -0.3 is 10.2 Å². The molecule has 0 aliphatic heterocycles. The summed E-state index contributed by atoms with van der Waals surface area (Å²) in [4.78, 5) is 0. The summed E-state index contributed by atoms with van der Waals surface area (Å²) in [6, 6.07) is 2.72. The van der Waals surface area contributed by atoms with Crippen LogP contribution in [0.15, 0.2) is 35.9 Å². The van der Waals surface area contributed by atoms with Gasteiger partial charge in [-0.25, -0.2) is 8.78 Å². The van der Waals surface area contributed by atoms with E-state index in [9.17, 15) is 8.78 Å². The summed E-state index contributed by atoms with van der Waals surface area (Å²) in [6.45, 7) is 4.84. The van der Waals surface area contributed by atoms with Crippen molar-refractivity contribution >= 4 is 5.69 Å². The minimum absolute atomic E-state index is 0.0698.